The second-order valence-electron chi connectivity index (χ2n) is 4.56. The van der Waals surface area contributed by atoms with E-state index in [1.165, 1.54) is 0 Å². The minimum Gasteiger partial charge on any atom is -0.461 e. The molecular formula is C11H19N5O2S. The Kier molecular flexibility index (Phi) is 4.78. The summed E-state index contributed by atoms with van der Waals surface area (Å²) in [6, 6.07) is 0.284. The van der Waals surface area contributed by atoms with Gasteiger partial charge in [-0.05, 0) is 27.2 Å². The average Bonchev–Trinajstić information content (AvgIpc) is 2.74. The Hall–Kier alpha value is -1.12. The van der Waals surface area contributed by atoms with Crippen LogP contribution in [0.5, 0.6) is 6.01 Å². The van der Waals surface area contributed by atoms with E-state index < -0.39 is 0 Å². The Morgan fingerprint density at radius 2 is 2.21 bits per heavy atom. The van der Waals surface area contributed by atoms with Crippen LogP contribution in [0, 0.1) is 0 Å². The zero-order chi connectivity index (χ0) is 13.8. The molecule has 3 N–H and O–H groups in total. The Morgan fingerprint density at radius 1 is 1.42 bits per heavy atom. The molecule has 1 aliphatic rings. The summed E-state index contributed by atoms with van der Waals surface area (Å²) in [7, 11) is 0. The number of nitrogen functional groups attached to an aromatic ring is 1. The molecular weight excluding hydrogens is 266 g/mol. The molecule has 0 aliphatic carbocycles. The predicted octanol–water partition coefficient (Wildman–Crippen LogP) is 1.21. The monoisotopic (exact) mass is 285 g/mol. The second-order valence-corrected chi connectivity index (χ2v) is 5.76. The molecule has 0 aromatic carbocycles. The van der Waals surface area contributed by atoms with Crippen molar-refractivity contribution in [3.63, 3.8) is 0 Å². The summed E-state index contributed by atoms with van der Waals surface area (Å²) < 4.78 is 11.0. The van der Waals surface area contributed by atoms with Crippen LogP contribution in [0.3, 0.4) is 0 Å². The minimum atomic E-state index is -0.000359. The quantitative estimate of drug-likeness (QED) is 0.616. The molecule has 1 saturated heterocycles. The van der Waals surface area contributed by atoms with Crippen LogP contribution in [0.4, 0.5) is 5.95 Å². The van der Waals surface area contributed by atoms with Gasteiger partial charge >= 0.3 is 6.01 Å². The van der Waals surface area contributed by atoms with Crippen LogP contribution in [-0.2, 0) is 4.74 Å². The van der Waals surface area contributed by atoms with Gasteiger partial charge in [0.2, 0.25) is 5.95 Å². The molecule has 2 rings (SSSR count). The predicted molar refractivity (Wildman–Crippen MR) is 73.1 cm³/mol. The van der Waals surface area contributed by atoms with E-state index in [0.29, 0.717) is 16.4 Å². The Labute approximate surface area is 116 Å². The van der Waals surface area contributed by atoms with Crippen molar-refractivity contribution in [1.29, 1.82) is 0 Å². The number of hydrogen-bond acceptors (Lipinski definition) is 8. The van der Waals surface area contributed by atoms with Crippen LogP contribution in [0.15, 0.2) is 5.16 Å². The first-order valence-electron chi connectivity index (χ1n) is 6.26. The first kappa shape index (κ1) is 14.3. The average molecular weight is 285 g/mol. The number of hydrazine groups is 1. The van der Waals surface area contributed by atoms with Gasteiger partial charge in [0.15, 0.2) is 5.16 Å². The van der Waals surface area contributed by atoms with Crippen molar-refractivity contribution < 1.29 is 9.47 Å². The topological polar surface area (TPSA) is 95.2 Å². The summed E-state index contributed by atoms with van der Waals surface area (Å²) >= 11 is 1.57. The molecule has 0 radical (unpaired) electrons. The normalized spacial score (nSPS) is 22.8. The lowest BCUT2D eigenvalue weighted by molar-refractivity contribution is 0.127. The molecule has 0 bridgehead atoms. The molecule has 0 saturated carbocycles. The highest BCUT2D eigenvalue weighted by Gasteiger charge is 2.26. The van der Waals surface area contributed by atoms with E-state index in [0.717, 1.165) is 13.0 Å². The Bertz CT molecular complexity index is 432. The summed E-state index contributed by atoms with van der Waals surface area (Å²) in [5, 5.41) is 0.945. The molecule has 1 aliphatic heterocycles. The summed E-state index contributed by atoms with van der Waals surface area (Å²) in [5.74, 6) is 5.67. The zero-order valence-electron chi connectivity index (χ0n) is 11.3. The van der Waals surface area contributed by atoms with Crippen LogP contribution < -0.4 is 16.0 Å². The summed E-state index contributed by atoms with van der Waals surface area (Å²) in [4.78, 5) is 12.6. The highest BCUT2D eigenvalue weighted by atomic mass is 32.2. The van der Waals surface area contributed by atoms with Gasteiger partial charge in [0.1, 0.15) is 0 Å². The van der Waals surface area contributed by atoms with E-state index in [4.69, 9.17) is 15.3 Å². The van der Waals surface area contributed by atoms with Crippen LogP contribution in [0.1, 0.15) is 27.2 Å². The third-order valence-electron chi connectivity index (χ3n) is 2.63. The molecule has 7 nitrogen and oxygen atoms in total. The lowest BCUT2D eigenvalue weighted by atomic mass is 10.3. The van der Waals surface area contributed by atoms with E-state index in [2.05, 4.69) is 27.3 Å². The zero-order valence-corrected chi connectivity index (χ0v) is 12.1. The molecule has 2 atom stereocenters. The van der Waals surface area contributed by atoms with Crippen molar-refractivity contribution in [2.24, 2.45) is 5.84 Å². The summed E-state index contributed by atoms with van der Waals surface area (Å²) in [5.41, 5.74) is 2.43. The first-order valence-corrected chi connectivity index (χ1v) is 7.14. The fourth-order valence-corrected chi connectivity index (χ4v) is 2.75. The lowest BCUT2D eigenvalue weighted by Crippen LogP contribution is -2.17. The number of aromatic nitrogens is 3. The highest BCUT2D eigenvalue weighted by Crippen LogP contribution is 2.31. The van der Waals surface area contributed by atoms with Crippen molar-refractivity contribution >= 4 is 17.7 Å². The van der Waals surface area contributed by atoms with Gasteiger partial charge < -0.3 is 9.47 Å². The van der Waals surface area contributed by atoms with Crippen LogP contribution in [0.25, 0.3) is 0 Å². The van der Waals surface area contributed by atoms with Crippen LogP contribution in [0.2, 0.25) is 0 Å². The maximum atomic E-state index is 5.53. The fourth-order valence-electron chi connectivity index (χ4n) is 1.72. The second kappa shape index (κ2) is 6.36. The van der Waals surface area contributed by atoms with E-state index in [-0.39, 0.29) is 18.2 Å². The van der Waals surface area contributed by atoms with Gasteiger partial charge in [0, 0.05) is 11.9 Å². The fraction of sp³-hybridized carbons (Fsp3) is 0.727. The number of nitrogens with two attached hydrogens (primary N) is 1. The number of thioether (sulfide) groups is 1. The number of rotatable bonds is 5. The first-order chi connectivity index (χ1) is 9.08. The maximum absolute atomic E-state index is 5.53. The molecule has 1 fully saturated rings. The van der Waals surface area contributed by atoms with Gasteiger partial charge in [-0.25, -0.2) is 5.84 Å². The molecule has 1 aromatic rings. The lowest BCUT2D eigenvalue weighted by Gasteiger charge is -2.14. The van der Waals surface area contributed by atoms with E-state index in [9.17, 15) is 0 Å². The third-order valence-corrected chi connectivity index (χ3v) is 3.94. The number of anilines is 1. The molecule has 106 valence electrons. The van der Waals surface area contributed by atoms with Crippen LogP contribution >= 0.6 is 11.8 Å². The van der Waals surface area contributed by atoms with E-state index in [1.54, 1.807) is 11.8 Å². The number of nitrogens with one attached hydrogen (secondary N) is 1. The Morgan fingerprint density at radius 3 is 2.79 bits per heavy atom. The van der Waals surface area contributed by atoms with Crippen molar-refractivity contribution in [2.75, 3.05) is 12.0 Å². The molecule has 0 spiro atoms. The smallest absolute Gasteiger partial charge is 0.322 e. The third kappa shape index (κ3) is 3.92. The number of ether oxygens (including phenoxy) is 2. The van der Waals surface area contributed by atoms with Gasteiger partial charge in [-0.2, -0.15) is 15.0 Å². The van der Waals surface area contributed by atoms with Gasteiger partial charge in [0.25, 0.3) is 0 Å². The van der Waals surface area contributed by atoms with E-state index in [1.807, 2.05) is 13.8 Å². The van der Waals surface area contributed by atoms with Crippen LogP contribution in [-0.4, -0.2) is 39.0 Å². The summed E-state index contributed by atoms with van der Waals surface area (Å²) in [6.45, 7) is 6.67. The number of hydrogen-bond donors (Lipinski definition) is 2. The van der Waals surface area contributed by atoms with Crippen molar-refractivity contribution in [2.45, 2.75) is 49.8 Å². The molecule has 8 heteroatoms. The molecule has 19 heavy (non-hydrogen) atoms. The molecule has 2 unspecified atom stereocenters. The highest BCUT2D eigenvalue weighted by molar-refractivity contribution is 7.99. The largest absolute Gasteiger partial charge is 0.461 e. The van der Waals surface area contributed by atoms with Gasteiger partial charge in [-0.1, -0.05) is 11.8 Å². The standard InChI is InChI=1S/C11H19N5O2S/c1-6(2)18-10-13-9(16-12)14-11(15-10)19-8-4-5-17-7(8)3/h6-8H,4-5,12H2,1-3H3,(H,13,14,15,16). The van der Waals surface area contributed by atoms with Crippen molar-refractivity contribution in [3.8, 4) is 6.01 Å². The van der Waals surface area contributed by atoms with Crippen molar-refractivity contribution in [1.82, 2.24) is 15.0 Å². The molecule has 1 aromatic heterocycles. The maximum Gasteiger partial charge on any atom is 0.322 e. The van der Waals surface area contributed by atoms with Gasteiger partial charge in [-0.15, -0.1) is 0 Å². The molecule has 2 heterocycles. The molecule has 0 amide bonds. The minimum absolute atomic E-state index is 0.000359. The van der Waals surface area contributed by atoms with Crippen molar-refractivity contribution in [3.05, 3.63) is 0 Å². The van der Waals surface area contributed by atoms with E-state index >= 15 is 0 Å². The number of nitrogens with zero attached hydrogens (tertiary/aromatic N) is 3. The van der Waals surface area contributed by atoms with Gasteiger partial charge in [0.05, 0.1) is 12.2 Å². The summed E-state index contributed by atoms with van der Waals surface area (Å²) in [6.07, 6.45) is 1.19. The van der Waals surface area contributed by atoms with Gasteiger partial charge in [-0.3, -0.25) is 5.43 Å². The SMILES string of the molecule is CC(C)Oc1nc(NN)nc(SC2CCOC2C)n1. The Balaban J connectivity index is 2.14.